The first-order valence-electron chi connectivity index (χ1n) is 15.1. The average Bonchev–Trinajstić information content (AvgIpc) is 3.10. The molecule has 289 valence electrons. The van der Waals surface area contributed by atoms with Gasteiger partial charge in [0.1, 0.15) is 32.7 Å². The molecular formula is C34H27CuN5O12S3. The number of nitrogens with one attached hydrogen (secondary N) is 1. The molecule has 0 aliphatic rings. The normalized spacial score (nSPS) is 11.6. The van der Waals surface area contributed by atoms with E-state index in [1.807, 2.05) is 36.4 Å². The number of azo groups is 2. The second-order valence-corrected chi connectivity index (χ2v) is 14.4. The van der Waals surface area contributed by atoms with Crippen molar-refractivity contribution in [3.05, 3.63) is 103 Å². The maximum absolute atomic E-state index is 12.1. The molecule has 6 aromatic carbocycles. The minimum Gasteiger partial charge on any atom is -0.506 e. The molecule has 5 N–H and O–H groups in total. The molecule has 0 atom stereocenters. The summed E-state index contributed by atoms with van der Waals surface area (Å²) in [6.45, 7) is 1.64. The molecule has 0 spiro atoms. The Hall–Kier alpha value is -5.80. The van der Waals surface area contributed by atoms with E-state index >= 15 is 0 Å². The quantitative estimate of drug-likeness (QED) is 0.0528. The number of rotatable bonds is 9. The number of hydrogen-bond acceptors (Lipinski definition) is 15. The van der Waals surface area contributed by atoms with Crippen molar-refractivity contribution in [2.24, 2.45) is 20.5 Å². The van der Waals surface area contributed by atoms with Crippen LogP contribution in [-0.4, -0.2) is 55.9 Å². The fraction of sp³-hybridized carbons (Fsp3) is 0.0588. The van der Waals surface area contributed by atoms with Crippen molar-refractivity contribution in [2.75, 3.05) is 12.4 Å². The van der Waals surface area contributed by atoms with Gasteiger partial charge in [-0.05, 0) is 90.7 Å². The predicted molar refractivity (Wildman–Crippen MR) is 196 cm³/mol. The number of methoxy groups -OCH3 is 1. The van der Waals surface area contributed by atoms with E-state index in [-0.39, 0.29) is 62.1 Å². The molecule has 0 saturated carbocycles. The van der Waals surface area contributed by atoms with Gasteiger partial charge in [-0.25, -0.2) is 0 Å². The first-order valence-corrected chi connectivity index (χ1v) is 18.9. The molecule has 6 aromatic rings. The minimum atomic E-state index is -4.84. The zero-order valence-corrected chi connectivity index (χ0v) is 31.5. The third-order valence-electron chi connectivity index (χ3n) is 7.64. The Morgan fingerprint density at radius 3 is 1.89 bits per heavy atom. The molecular weight excluding hydrogens is 830 g/mol. The van der Waals surface area contributed by atoms with Gasteiger partial charge in [0.25, 0.3) is 20.2 Å². The molecule has 0 heterocycles. The van der Waals surface area contributed by atoms with Gasteiger partial charge in [-0.2, -0.15) is 27.1 Å². The molecule has 0 unspecified atom stereocenters. The van der Waals surface area contributed by atoms with Gasteiger partial charge >= 0.3 is 10.6 Å². The van der Waals surface area contributed by atoms with Crippen LogP contribution in [0, 0.1) is 6.92 Å². The Morgan fingerprint density at radius 2 is 1.25 bits per heavy atom. The van der Waals surface area contributed by atoms with Crippen LogP contribution in [0.15, 0.2) is 127 Å². The third-order valence-corrected chi connectivity index (χ3v) is 9.44. The summed E-state index contributed by atoms with van der Waals surface area (Å²) in [4.78, 5) is -1.24. The van der Waals surface area contributed by atoms with E-state index in [9.17, 15) is 36.2 Å². The van der Waals surface area contributed by atoms with Gasteiger partial charge in [0, 0.05) is 50.7 Å². The monoisotopic (exact) mass is 856 g/mol. The number of aromatic hydroxyl groups is 2. The van der Waals surface area contributed by atoms with Crippen molar-refractivity contribution in [1.29, 1.82) is 0 Å². The van der Waals surface area contributed by atoms with Crippen molar-refractivity contribution in [3.63, 3.8) is 0 Å². The zero-order chi connectivity index (χ0) is 39.4. The molecule has 0 amide bonds. The molecule has 0 saturated heterocycles. The van der Waals surface area contributed by atoms with Gasteiger partial charge in [-0.3, -0.25) is 9.11 Å². The minimum absolute atomic E-state index is 0. The van der Waals surface area contributed by atoms with Crippen molar-refractivity contribution >= 4 is 86.5 Å². The van der Waals surface area contributed by atoms with E-state index in [1.54, 1.807) is 32.2 Å². The molecule has 0 aliphatic heterocycles. The van der Waals surface area contributed by atoms with Crippen molar-refractivity contribution in [3.8, 4) is 17.2 Å². The van der Waals surface area contributed by atoms with Crippen molar-refractivity contribution in [2.45, 2.75) is 16.7 Å². The summed E-state index contributed by atoms with van der Waals surface area (Å²) in [7, 11) is -11.1. The Kier molecular flexibility index (Phi) is 13.1. The summed E-state index contributed by atoms with van der Waals surface area (Å²) >= 11 is 0. The Morgan fingerprint density at radius 1 is 0.636 bits per heavy atom. The Bertz CT molecular complexity index is 2830. The molecule has 21 heteroatoms. The van der Waals surface area contributed by atoms with Crippen molar-refractivity contribution in [1.82, 2.24) is 0 Å². The molecule has 0 aromatic heterocycles. The van der Waals surface area contributed by atoms with Gasteiger partial charge in [0.05, 0.1) is 18.5 Å². The molecule has 0 fully saturated rings. The Labute approximate surface area is 325 Å². The molecule has 1 radical (unpaired) electrons. The smallest absolute Gasteiger partial charge is 0.425 e. The maximum atomic E-state index is 12.1. The van der Waals surface area contributed by atoms with Crippen LogP contribution < -0.4 is 10.1 Å². The van der Waals surface area contributed by atoms with Crippen LogP contribution in [0.2, 0.25) is 0 Å². The van der Waals surface area contributed by atoms with Gasteiger partial charge < -0.3 is 20.3 Å². The van der Waals surface area contributed by atoms with Gasteiger partial charge in [-0.1, -0.05) is 18.2 Å². The van der Waals surface area contributed by atoms with Crippen LogP contribution in [0.1, 0.15) is 5.56 Å². The summed E-state index contributed by atoms with van der Waals surface area (Å²) in [6.07, 6.45) is 0. The predicted octanol–water partition coefficient (Wildman–Crippen LogP) is 7.78. The number of fused-ring (bicyclic) bond motifs is 2. The standard InChI is InChI=1S/C34H27N5O9S2.Cu.O3S/c1-19-14-30(39-37-28-13-6-20-15-22(9-12-25(20)34(28)41)35-21-7-10-24(48-2)11-8-21)31(40)18-29(19)38-36-23-16-27-26(33(17-23)50(45,46)47)4-3-5-32(27)49(42,43)44;;1-4(2)3/h3-18,35,40-41H,1-2H3,(H,42,43,44)(H,45,46,47);;. The third kappa shape index (κ3) is 10.2. The van der Waals surface area contributed by atoms with E-state index in [2.05, 4.69) is 25.8 Å². The number of ether oxygens (including phenoxy) is 1. The number of hydrogen-bond donors (Lipinski definition) is 5. The number of nitrogens with zero attached hydrogens (tertiary/aromatic N) is 4. The molecule has 55 heavy (non-hydrogen) atoms. The number of benzene rings is 6. The SMILES string of the molecule is COc1ccc(Nc2ccc3c(O)c(N=Nc4cc(C)c(N=Nc5cc(S(=O)(=O)O)c6cccc(S(=O)(=O)O)c6c5)cc4O)ccc3c2)cc1.O=S(=O)=O.[Cu]. The number of anilines is 2. The zero-order valence-electron chi connectivity index (χ0n) is 28.1. The van der Waals surface area contributed by atoms with Crippen LogP contribution in [0.5, 0.6) is 17.2 Å². The van der Waals surface area contributed by atoms with Gasteiger partial charge in [0.2, 0.25) is 0 Å². The average molecular weight is 857 g/mol. The molecule has 0 bridgehead atoms. The first kappa shape index (κ1) is 41.9. The summed E-state index contributed by atoms with van der Waals surface area (Å²) < 4.78 is 98.1. The molecule has 0 aliphatic carbocycles. The number of phenolic OH excluding ortho intramolecular Hbond substituents is 2. The fourth-order valence-electron chi connectivity index (χ4n) is 5.18. The van der Waals surface area contributed by atoms with E-state index in [0.29, 0.717) is 10.9 Å². The summed E-state index contributed by atoms with van der Waals surface area (Å²) in [5, 5.41) is 42.1. The van der Waals surface area contributed by atoms with Crippen LogP contribution in [-0.2, 0) is 47.9 Å². The van der Waals surface area contributed by atoms with Crippen LogP contribution in [0.25, 0.3) is 21.5 Å². The second-order valence-electron chi connectivity index (χ2n) is 11.2. The van der Waals surface area contributed by atoms with Crippen LogP contribution >= 0.6 is 0 Å². The van der Waals surface area contributed by atoms with E-state index < -0.39 is 40.6 Å². The van der Waals surface area contributed by atoms with Crippen LogP contribution in [0.3, 0.4) is 0 Å². The largest absolute Gasteiger partial charge is 0.506 e. The number of aryl methyl sites for hydroxylation is 1. The molecule has 17 nitrogen and oxygen atoms in total. The van der Waals surface area contributed by atoms with Gasteiger partial charge in [-0.15, -0.1) is 22.9 Å². The molecule has 6 rings (SSSR count). The van der Waals surface area contributed by atoms with Gasteiger partial charge in [0.15, 0.2) is 5.75 Å². The summed E-state index contributed by atoms with van der Waals surface area (Å²) in [5.74, 6) is 0.289. The van der Waals surface area contributed by atoms with E-state index in [4.69, 9.17) is 17.4 Å². The second kappa shape index (κ2) is 17.1. The number of phenols is 2. The first-order chi connectivity index (χ1) is 25.4. The summed E-state index contributed by atoms with van der Waals surface area (Å²) in [6, 6.07) is 24.6. The van der Waals surface area contributed by atoms with Crippen molar-refractivity contribution < 1.29 is 70.6 Å². The Balaban J connectivity index is 0.00000128. The van der Waals surface area contributed by atoms with E-state index in [0.717, 1.165) is 34.6 Å². The fourth-order valence-corrected chi connectivity index (χ4v) is 6.61. The maximum Gasteiger partial charge on any atom is 0.425 e. The van der Waals surface area contributed by atoms with E-state index in [1.165, 1.54) is 30.3 Å². The van der Waals surface area contributed by atoms with Crippen LogP contribution in [0.4, 0.5) is 34.1 Å². The summed E-state index contributed by atoms with van der Waals surface area (Å²) in [5.41, 5.74) is 2.31. The topological polar surface area (TPSA) is 271 Å².